The number of rotatable bonds is 12. The number of aliphatic hydroxyl groups is 2. The second-order valence-electron chi connectivity index (χ2n) is 15.2. The average Bonchev–Trinajstić information content (AvgIpc) is 3.28. The Morgan fingerprint density at radius 2 is 1.73 bits per heavy atom. The Balaban J connectivity index is 1.35. The molecule has 0 amide bonds. The van der Waals surface area contributed by atoms with E-state index in [4.69, 9.17) is 14.6 Å². The molecule has 0 aromatic rings. The third kappa shape index (κ3) is 7.06. The highest BCUT2D eigenvalue weighted by atomic mass is 16.5. The Labute approximate surface area is 249 Å². The molecule has 234 valence electrons. The molecule has 4 aliphatic carbocycles. The van der Waals surface area contributed by atoms with Gasteiger partial charge in [-0.05, 0) is 90.8 Å². The van der Waals surface area contributed by atoms with Gasteiger partial charge in [0.25, 0.3) is 0 Å². The maximum absolute atomic E-state index is 12.5. The van der Waals surface area contributed by atoms with Crippen LogP contribution >= 0.6 is 0 Å². The molecule has 0 saturated heterocycles. The fourth-order valence-electron chi connectivity index (χ4n) is 9.87. The molecule has 4 unspecified atom stereocenters. The highest BCUT2D eigenvalue weighted by molar-refractivity contribution is 5.77. The molecular weight excluding hydrogens is 516 g/mol. The molecule has 41 heavy (non-hydrogen) atoms. The molecule has 0 aromatic heterocycles. The Morgan fingerprint density at radius 3 is 2.44 bits per heavy atom. The zero-order chi connectivity index (χ0) is 29.9. The third-order valence-corrected chi connectivity index (χ3v) is 12.1. The lowest BCUT2D eigenvalue weighted by Crippen LogP contribution is -2.53. The first-order chi connectivity index (χ1) is 19.4. The first-order valence-corrected chi connectivity index (χ1v) is 16.7. The lowest BCUT2D eigenvalue weighted by molar-refractivity contribution is -0.156. The average molecular weight is 575 g/mol. The van der Waals surface area contributed by atoms with Gasteiger partial charge in [0.15, 0.2) is 0 Å². The van der Waals surface area contributed by atoms with Crippen molar-refractivity contribution in [2.75, 3.05) is 13.2 Å². The topological polar surface area (TPSA) is 93.1 Å². The third-order valence-electron chi connectivity index (χ3n) is 12.1. The van der Waals surface area contributed by atoms with Crippen molar-refractivity contribution in [1.29, 1.82) is 0 Å². The molecule has 0 aliphatic heterocycles. The molecule has 4 aliphatic rings. The number of carbonyl (C=O) groups is 2. The van der Waals surface area contributed by atoms with E-state index in [1.165, 1.54) is 50.5 Å². The number of carbonyl (C=O) groups excluding carboxylic acids is 2. The second-order valence-corrected chi connectivity index (χ2v) is 15.2. The van der Waals surface area contributed by atoms with E-state index in [-0.39, 0.29) is 36.9 Å². The van der Waals surface area contributed by atoms with E-state index >= 15 is 0 Å². The lowest BCUT2D eigenvalue weighted by Gasteiger charge is -2.60. The first kappa shape index (κ1) is 32.5. The molecule has 3 fully saturated rings. The summed E-state index contributed by atoms with van der Waals surface area (Å²) in [5.41, 5.74) is 2.16. The normalized spacial score (nSPS) is 37.8. The van der Waals surface area contributed by atoms with Crippen molar-refractivity contribution in [3.63, 3.8) is 0 Å². The molecule has 10 atom stereocenters. The van der Waals surface area contributed by atoms with Crippen molar-refractivity contribution in [3.8, 4) is 0 Å². The largest absolute Gasteiger partial charge is 0.463 e. The van der Waals surface area contributed by atoms with Gasteiger partial charge in [-0.1, -0.05) is 72.5 Å². The summed E-state index contributed by atoms with van der Waals surface area (Å²) in [6, 6.07) is 0. The van der Waals surface area contributed by atoms with Crippen LogP contribution in [0.1, 0.15) is 119 Å². The Morgan fingerprint density at radius 1 is 1.00 bits per heavy atom. The van der Waals surface area contributed by atoms with Gasteiger partial charge >= 0.3 is 11.9 Å². The molecule has 0 spiro atoms. The van der Waals surface area contributed by atoms with Crippen LogP contribution < -0.4 is 0 Å². The summed E-state index contributed by atoms with van der Waals surface area (Å²) in [4.78, 5) is 24.4. The van der Waals surface area contributed by atoms with Crippen LogP contribution in [-0.4, -0.2) is 47.6 Å². The summed E-state index contributed by atoms with van der Waals surface area (Å²) < 4.78 is 10.7. The summed E-state index contributed by atoms with van der Waals surface area (Å²) in [5, 5.41) is 18.1. The van der Waals surface area contributed by atoms with E-state index in [1.54, 1.807) is 0 Å². The van der Waals surface area contributed by atoms with E-state index in [2.05, 4.69) is 47.6 Å². The summed E-state index contributed by atoms with van der Waals surface area (Å²) >= 11 is 0. The molecule has 0 heterocycles. The van der Waals surface area contributed by atoms with Gasteiger partial charge in [-0.25, -0.2) is 0 Å². The minimum Gasteiger partial charge on any atom is -0.463 e. The van der Waals surface area contributed by atoms with Crippen LogP contribution in [-0.2, 0) is 19.1 Å². The van der Waals surface area contributed by atoms with E-state index in [1.807, 2.05) is 0 Å². The van der Waals surface area contributed by atoms with Crippen LogP contribution in [0.25, 0.3) is 0 Å². The van der Waals surface area contributed by atoms with Gasteiger partial charge in [-0.3, -0.25) is 9.59 Å². The van der Waals surface area contributed by atoms with Crippen molar-refractivity contribution in [3.05, 3.63) is 11.6 Å². The Bertz CT molecular complexity index is 943. The molecule has 0 aromatic carbocycles. The van der Waals surface area contributed by atoms with E-state index in [0.29, 0.717) is 17.3 Å². The van der Waals surface area contributed by atoms with E-state index in [9.17, 15) is 14.7 Å². The molecule has 6 heteroatoms. The molecule has 2 N–H and O–H groups in total. The Hall–Kier alpha value is -1.40. The second kappa shape index (κ2) is 13.5. The number of ether oxygens (including phenoxy) is 2. The SMILES string of the molecule is CC(C)CCC[C@@H](C)[C@H]1CCC2C3C(CC[C@@]21C)[C@@]1(C)CC[C@H](OC(=O)CCC(=O)OCC(O)CO)CC1=C[C@H]3C. The molecule has 4 rings (SSSR count). The fourth-order valence-corrected chi connectivity index (χ4v) is 9.87. The lowest BCUT2D eigenvalue weighted by atomic mass is 9.45. The number of fused-ring (bicyclic) bond motifs is 5. The Kier molecular flexibility index (Phi) is 10.7. The first-order valence-electron chi connectivity index (χ1n) is 16.7. The van der Waals surface area contributed by atoms with Crippen LogP contribution in [0.5, 0.6) is 0 Å². The maximum Gasteiger partial charge on any atom is 0.306 e. The van der Waals surface area contributed by atoms with Crippen molar-refractivity contribution < 1.29 is 29.3 Å². The summed E-state index contributed by atoms with van der Waals surface area (Å²) in [6.45, 7) is 14.1. The predicted molar refractivity (Wildman–Crippen MR) is 161 cm³/mol. The molecule has 6 nitrogen and oxygen atoms in total. The predicted octanol–water partition coefficient (Wildman–Crippen LogP) is 6.86. The summed E-state index contributed by atoms with van der Waals surface area (Å²) in [6.07, 6.45) is 13.5. The van der Waals surface area contributed by atoms with Crippen molar-refractivity contribution in [2.24, 2.45) is 52.3 Å². The van der Waals surface area contributed by atoms with Gasteiger partial charge in [0.05, 0.1) is 19.4 Å². The summed E-state index contributed by atoms with van der Waals surface area (Å²) in [7, 11) is 0. The van der Waals surface area contributed by atoms with Crippen LogP contribution in [0, 0.1) is 52.3 Å². The van der Waals surface area contributed by atoms with E-state index in [0.717, 1.165) is 48.9 Å². The van der Waals surface area contributed by atoms with Gasteiger partial charge in [-0.2, -0.15) is 0 Å². The minimum atomic E-state index is -1.09. The zero-order valence-corrected chi connectivity index (χ0v) is 26.7. The van der Waals surface area contributed by atoms with Crippen molar-refractivity contribution in [2.45, 2.75) is 131 Å². The monoisotopic (exact) mass is 574 g/mol. The zero-order valence-electron chi connectivity index (χ0n) is 26.7. The number of aliphatic hydroxyl groups excluding tert-OH is 2. The quantitative estimate of drug-likeness (QED) is 0.195. The van der Waals surface area contributed by atoms with E-state index < -0.39 is 18.7 Å². The maximum atomic E-state index is 12.5. The van der Waals surface area contributed by atoms with Crippen LogP contribution in [0.4, 0.5) is 0 Å². The number of allylic oxidation sites excluding steroid dienone is 1. The van der Waals surface area contributed by atoms with Gasteiger partial charge < -0.3 is 19.7 Å². The highest BCUT2D eigenvalue weighted by Gasteiger charge is 2.60. The van der Waals surface area contributed by atoms with Gasteiger partial charge in [0.1, 0.15) is 18.8 Å². The van der Waals surface area contributed by atoms with Crippen molar-refractivity contribution in [1.82, 2.24) is 0 Å². The van der Waals surface area contributed by atoms with Gasteiger partial charge in [-0.15, -0.1) is 0 Å². The van der Waals surface area contributed by atoms with Crippen LogP contribution in [0.2, 0.25) is 0 Å². The smallest absolute Gasteiger partial charge is 0.306 e. The molecule has 3 saturated carbocycles. The van der Waals surface area contributed by atoms with Crippen LogP contribution in [0.15, 0.2) is 11.6 Å². The van der Waals surface area contributed by atoms with Gasteiger partial charge in [0, 0.05) is 6.42 Å². The number of esters is 2. The number of hydrogen-bond acceptors (Lipinski definition) is 6. The minimum absolute atomic E-state index is 0.0285. The summed E-state index contributed by atoms with van der Waals surface area (Å²) in [5.74, 6) is 4.39. The van der Waals surface area contributed by atoms with Crippen molar-refractivity contribution >= 4 is 11.9 Å². The molecule has 0 bridgehead atoms. The standard InChI is InChI=1S/C35H58O6/c1-22(2)8-7-9-23(3)28-10-11-29-33-24(4)18-25-19-27(14-16-34(25,5)30(33)15-17-35(28,29)6)41-32(39)13-12-31(38)40-21-26(37)20-36/h18,22-24,26-30,33,36-37H,7-17,19-21H2,1-6H3/t23-,24-,26?,27+,28-,29?,30?,33?,34+,35-/m1/s1. The highest BCUT2D eigenvalue weighted by Crippen LogP contribution is 2.68. The fraction of sp³-hybridized carbons (Fsp3) is 0.886. The molecule has 0 radical (unpaired) electrons. The molecular formula is C35H58O6. The number of hydrogen-bond donors (Lipinski definition) is 2. The van der Waals surface area contributed by atoms with Gasteiger partial charge in [0.2, 0.25) is 0 Å². The van der Waals surface area contributed by atoms with Crippen LogP contribution in [0.3, 0.4) is 0 Å².